The molecule has 0 unspecified atom stereocenters. The van der Waals surface area contributed by atoms with Crippen LogP contribution in [0.4, 0.5) is 5.82 Å². The van der Waals surface area contributed by atoms with Crippen molar-refractivity contribution >= 4 is 44.6 Å². The molecular formula is C37H25N7. The summed E-state index contributed by atoms with van der Waals surface area (Å²) in [6.45, 7) is 0. The van der Waals surface area contributed by atoms with Crippen LogP contribution in [0.25, 0.3) is 73.2 Å². The molecule has 0 aliphatic carbocycles. The first-order valence-electron chi connectivity index (χ1n) is 14.6. The fourth-order valence-corrected chi connectivity index (χ4v) is 6.35. The van der Waals surface area contributed by atoms with Crippen LogP contribution >= 0.6 is 0 Å². The van der Waals surface area contributed by atoms with E-state index in [1.165, 1.54) is 5.39 Å². The van der Waals surface area contributed by atoms with Gasteiger partial charge in [-0.3, -0.25) is 14.6 Å². The summed E-state index contributed by atoms with van der Waals surface area (Å²) in [6.07, 6.45) is 4.09. The molecule has 7 nitrogen and oxygen atoms in total. The number of rotatable bonds is 4. The van der Waals surface area contributed by atoms with Crippen LogP contribution in [0, 0.1) is 0 Å². The summed E-state index contributed by atoms with van der Waals surface area (Å²) in [5.74, 6) is 2.84. The lowest BCUT2D eigenvalue weighted by atomic mass is 10.0. The number of hydrogen-bond acceptors (Lipinski definition) is 5. The topological polar surface area (TPSA) is 72.6 Å². The van der Waals surface area contributed by atoms with E-state index >= 15 is 0 Å². The van der Waals surface area contributed by atoms with Gasteiger partial charge in [-0.25, -0.2) is 4.98 Å². The highest BCUT2D eigenvalue weighted by molar-refractivity contribution is 6.24. The van der Waals surface area contributed by atoms with Gasteiger partial charge in [0.1, 0.15) is 5.82 Å². The highest BCUT2D eigenvalue weighted by Crippen LogP contribution is 2.43. The standard InChI is InChI=1S/C37H25N7/c1-4-12-24(13-5-1)34-39-35(25-14-6-2-7-15-25)41-37(40-34)44-29-19-11-10-18-27(29)32-31(44)21-20-30-33(32)28-22-23-38-42-36(28)43(30)26-16-8-3-9-17-26/h1-23,38,42H. The van der Waals surface area contributed by atoms with Gasteiger partial charge < -0.3 is 5.43 Å². The number of fused-ring (bicyclic) bond motifs is 7. The maximum absolute atomic E-state index is 5.09. The first-order chi connectivity index (χ1) is 21.8. The van der Waals surface area contributed by atoms with Crippen LogP contribution < -0.4 is 10.9 Å². The summed E-state index contributed by atoms with van der Waals surface area (Å²) in [6, 6.07) is 43.5. The summed E-state index contributed by atoms with van der Waals surface area (Å²) in [4.78, 5) is 15.1. The van der Waals surface area contributed by atoms with Gasteiger partial charge in [0.05, 0.1) is 16.6 Å². The van der Waals surface area contributed by atoms with E-state index in [2.05, 4.69) is 86.7 Å². The quantitative estimate of drug-likeness (QED) is 0.225. The van der Waals surface area contributed by atoms with Gasteiger partial charge in [-0.15, -0.1) is 0 Å². The highest BCUT2D eigenvalue weighted by atomic mass is 15.4. The zero-order valence-electron chi connectivity index (χ0n) is 23.5. The molecule has 0 radical (unpaired) electrons. The van der Waals surface area contributed by atoms with E-state index in [1.807, 2.05) is 72.9 Å². The minimum absolute atomic E-state index is 0.579. The third-order valence-corrected chi connectivity index (χ3v) is 8.23. The van der Waals surface area contributed by atoms with Crippen LogP contribution in [0.15, 0.2) is 134 Å². The molecule has 7 heteroatoms. The van der Waals surface area contributed by atoms with Gasteiger partial charge in [0.2, 0.25) is 5.95 Å². The van der Waals surface area contributed by atoms with Gasteiger partial charge >= 0.3 is 0 Å². The van der Waals surface area contributed by atoms with Crippen molar-refractivity contribution in [2.24, 2.45) is 0 Å². The second-order valence-corrected chi connectivity index (χ2v) is 10.8. The largest absolute Gasteiger partial charge is 0.307 e. The Morgan fingerprint density at radius 2 is 1.09 bits per heavy atom. The lowest BCUT2D eigenvalue weighted by Gasteiger charge is -2.15. The van der Waals surface area contributed by atoms with Gasteiger partial charge in [-0.05, 0) is 36.4 Å². The summed E-state index contributed by atoms with van der Waals surface area (Å²) < 4.78 is 4.45. The number of hydrogen-bond donors (Lipinski definition) is 2. The average Bonchev–Trinajstić information content (AvgIpc) is 3.62. The van der Waals surface area contributed by atoms with Crippen molar-refractivity contribution in [2.45, 2.75) is 0 Å². The fraction of sp³-hybridized carbons (Fsp3) is 0. The number of nitrogens with one attached hydrogen (secondary N) is 2. The third-order valence-electron chi connectivity index (χ3n) is 8.23. The predicted molar refractivity (Wildman–Crippen MR) is 178 cm³/mol. The molecule has 0 bridgehead atoms. The minimum Gasteiger partial charge on any atom is -0.307 e. The SMILES string of the molecule is C1=Cc2c(n(-c3ccccc3)c3ccc4c(c5ccccc5n4-c4nc(-c5ccccc5)nc(-c5ccccc5)n4)c23)NN1. The molecule has 3 aromatic heterocycles. The smallest absolute Gasteiger partial charge is 0.238 e. The first-order valence-corrected chi connectivity index (χ1v) is 14.6. The lowest BCUT2D eigenvalue weighted by Crippen LogP contribution is -2.20. The maximum Gasteiger partial charge on any atom is 0.238 e. The molecule has 0 saturated heterocycles. The lowest BCUT2D eigenvalue weighted by molar-refractivity contribution is 0.953. The van der Waals surface area contributed by atoms with Crippen molar-refractivity contribution < 1.29 is 0 Å². The molecular weight excluding hydrogens is 542 g/mol. The molecule has 0 fully saturated rings. The summed E-state index contributed by atoms with van der Waals surface area (Å²) in [5.41, 5.74) is 13.9. The van der Waals surface area contributed by atoms with E-state index in [9.17, 15) is 0 Å². The monoisotopic (exact) mass is 567 g/mol. The number of para-hydroxylation sites is 2. The molecule has 1 aliphatic rings. The Morgan fingerprint density at radius 3 is 1.77 bits per heavy atom. The number of anilines is 1. The van der Waals surface area contributed by atoms with Crippen molar-refractivity contribution in [2.75, 3.05) is 5.43 Å². The van der Waals surface area contributed by atoms with E-state index in [-0.39, 0.29) is 0 Å². The average molecular weight is 568 g/mol. The van der Waals surface area contributed by atoms with Crippen molar-refractivity contribution in [3.8, 4) is 34.4 Å². The maximum atomic E-state index is 5.09. The Labute approximate surface area is 252 Å². The van der Waals surface area contributed by atoms with E-state index < -0.39 is 0 Å². The summed E-state index contributed by atoms with van der Waals surface area (Å²) >= 11 is 0. The zero-order valence-corrected chi connectivity index (χ0v) is 23.5. The number of nitrogens with zero attached hydrogens (tertiary/aromatic N) is 5. The molecule has 8 aromatic rings. The number of benzene rings is 5. The number of hydrazine groups is 1. The van der Waals surface area contributed by atoms with Crippen molar-refractivity contribution in [3.05, 3.63) is 139 Å². The van der Waals surface area contributed by atoms with E-state index in [4.69, 9.17) is 15.0 Å². The van der Waals surface area contributed by atoms with Gasteiger partial charge in [-0.2, -0.15) is 9.97 Å². The zero-order chi connectivity index (χ0) is 29.0. The van der Waals surface area contributed by atoms with E-state index in [0.717, 1.165) is 55.5 Å². The van der Waals surface area contributed by atoms with Crippen LogP contribution in [0.2, 0.25) is 0 Å². The second kappa shape index (κ2) is 9.68. The molecule has 9 rings (SSSR count). The number of aromatic nitrogens is 5. The van der Waals surface area contributed by atoms with E-state index in [1.54, 1.807) is 0 Å². The molecule has 4 heterocycles. The Hall–Kier alpha value is -6.21. The van der Waals surface area contributed by atoms with Crippen molar-refractivity contribution in [3.63, 3.8) is 0 Å². The van der Waals surface area contributed by atoms with Crippen LogP contribution in [0.3, 0.4) is 0 Å². The van der Waals surface area contributed by atoms with Gasteiger partial charge in [0, 0.05) is 44.7 Å². The van der Waals surface area contributed by atoms with Crippen LogP contribution in [-0.2, 0) is 0 Å². The summed E-state index contributed by atoms with van der Waals surface area (Å²) in [5, 5.41) is 3.46. The molecule has 0 saturated carbocycles. The Balaban J connectivity index is 1.40. The van der Waals surface area contributed by atoms with Gasteiger partial charge in [-0.1, -0.05) is 97.1 Å². The molecule has 0 amide bonds. The van der Waals surface area contributed by atoms with Crippen LogP contribution in [-0.4, -0.2) is 24.1 Å². The molecule has 5 aromatic carbocycles. The Kier molecular flexibility index (Phi) is 5.36. The van der Waals surface area contributed by atoms with Gasteiger partial charge in [0.25, 0.3) is 0 Å². The normalized spacial score (nSPS) is 12.4. The molecule has 0 atom stereocenters. The van der Waals surface area contributed by atoms with Gasteiger partial charge in [0.15, 0.2) is 11.6 Å². The molecule has 44 heavy (non-hydrogen) atoms. The first kappa shape index (κ1) is 24.4. The molecule has 0 spiro atoms. The predicted octanol–water partition coefficient (Wildman–Crippen LogP) is 8.15. The molecule has 208 valence electrons. The van der Waals surface area contributed by atoms with E-state index in [0.29, 0.717) is 17.6 Å². The Morgan fingerprint density at radius 1 is 0.500 bits per heavy atom. The van der Waals surface area contributed by atoms with Crippen molar-refractivity contribution in [1.82, 2.24) is 29.5 Å². The molecule has 2 N–H and O–H groups in total. The third kappa shape index (κ3) is 3.66. The van der Waals surface area contributed by atoms with Crippen LogP contribution in [0.5, 0.6) is 0 Å². The second-order valence-electron chi connectivity index (χ2n) is 10.8. The van der Waals surface area contributed by atoms with Crippen LogP contribution in [0.1, 0.15) is 5.56 Å². The minimum atomic E-state index is 0.579. The summed E-state index contributed by atoms with van der Waals surface area (Å²) in [7, 11) is 0. The van der Waals surface area contributed by atoms with Crippen molar-refractivity contribution in [1.29, 1.82) is 0 Å². The highest BCUT2D eigenvalue weighted by Gasteiger charge is 2.25. The Bertz CT molecular complexity index is 2310. The fourth-order valence-electron chi connectivity index (χ4n) is 6.35. The molecule has 1 aliphatic heterocycles.